The van der Waals surface area contributed by atoms with Gasteiger partial charge in [-0.15, -0.1) is 0 Å². The molecule has 0 saturated carbocycles. The number of hydrogen-bond donors (Lipinski definition) is 0. The number of carbonyl (C=O) groups is 1. The molecule has 0 spiro atoms. The Bertz CT molecular complexity index is 110. The Hall–Kier alpha value is -0.570. The summed E-state index contributed by atoms with van der Waals surface area (Å²) in [6.45, 7) is 6.33. The number of hydrogen-bond acceptors (Lipinski definition) is 3. The van der Waals surface area contributed by atoms with Crippen molar-refractivity contribution in [2.24, 2.45) is 0 Å². The van der Waals surface area contributed by atoms with Gasteiger partial charge in [-0.2, -0.15) is 0 Å². The van der Waals surface area contributed by atoms with E-state index in [1.807, 2.05) is 13.8 Å². The highest BCUT2D eigenvalue weighted by molar-refractivity contribution is 5.78. The lowest BCUT2D eigenvalue weighted by Crippen LogP contribution is -2.12. The summed E-state index contributed by atoms with van der Waals surface area (Å²) in [4.78, 5) is 10.5. The zero-order chi connectivity index (χ0) is 8.69. The zero-order valence-corrected chi connectivity index (χ0v) is 7.29. The van der Waals surface area contributed by atoms with E-state index in [9.17, 15) is 4.79 Å². The van der Waals surface area contributed by atoms with Gasteiger partial charge < -0.3 is 9.47 Å². The zero-order valence-electron chi connectivity index (χ0n) is 7.29. The second kappa shape index (κ2) is 6.16. The molecule has 3 nitrogen and oxygen atoms in total. The molecular formula is C8H15O3. The fourth-order valence-electron chi connectivity index (χ4n) is 0.509. The van der Waals surface area contributed by atoms with Gasteiger partial charge >= 0.3 is 5.97 Å². The molecule has 0 aromatic carbocycles. The maximum absolute atomic E-state index is 10.5. The molecule has 0 atom stereocenters. The first-order valence-corrected chi connectivity index (χ1v) is 3.74. The Balaban J connectivity index is 3.08. The second-order valence-electron chi connectivity index (χ2n) is 2.38. The summed E-state index contributed by atoms with van der Waals surface area (Å²) in [5.41, 5.74) is 0. The average Bonchev–Trinajstić information content (AvgIpc) is 1.97. The molecule has 0 aliphatic carbocycles. The van der Waals surface area contributed by atoms with Crippen LogP contribution in [0.1, 0.15) is 20.8 Å². The van der Waals surface area contributed by atoms with Crippen LogP contribution in [0.3, 0.4) is 0 Å². The summed E-state index contributed by atoms with van der Waals surface area (Å²) in [7, 11) is 0. The van der Waals surface area contributed by atoms with Gasteiger partial charge in [0.1, 0.15) is 6.61 Å². The van der Waals surface area contributed by atoms with Gasteiger partial charge in [0.2, 0.25) is 0 Å². The third-order valence-corrected chi connectivity index (χ3v) is 1.01. The van der Waals surface area contributed by atoms with E-state index in [1.54, 1.807) is 6.92 Å². The first-order valence-electron chi connectivity index (χ1n) is 3.74. The smallest absolute Gasteiger partial charge is 0.309 e. The van der Waals surface area contributed by atoms with Crippen molar-refractivity contribution in [3.63, 3.8) is 0 Å². The van der Waals surface area contributed by atoms with E-state index in [0.29, 0.717) is 13.2 Å². The summed E-state index contributed by atoms with van der Waals surface area (Å²) in [5.74, 6) is -0.294. The highest BCUT2D eigenvalue weighted by Gasteiger charge is 1.98. The molecule has 0 saturated heterocycles. The minimum Gasteiger partial charge on any atom is -0.463 e. The van der Waals surface area contributed by atoms with Crippen LogP contribution in [0.25, 0.3) is 0 Å². The topological polar surface area (TPSA) is 35.5 Å². The van der Waals surface area contributed by atoms with E-state index in [-0.39, 0.29) is 12.1 Å². The van der Waals surface area contributed by atoms with Crippen LogP contribution in [0.5, 0.6) is 0 Å². The highest BCUT2D eigenvalue weighted by atomic mass is 16.6. The van der Waals surface area contributed by atoms with Crippen LogP contribution in [0.2, 0.25) is 0 Å². The summed E-state index contributed by atoms with van der Waals surface area (Å²) >= 11 is 0. The number of rotatable bonds is 5. The maximum atomic E-state index is 10.5. The first-order chi connectivity index (χ1) is 5.16. The first kappa shape index (κ1) is 10.4. The van der Waals surface area contributed by atoms with Crippen LogP contribution in [0, 0.1) is 6.42 Å². The molecule has 0 aromatic heterocycles. The van der Waals surface area contributed by atoms with Gasteiger partial charge in [-0.25, -0.2) is 0 Å². The summed E-state index contributed by atoms with van der Waals surface area (Å²) in [6.07, 6.45) is 1.58. The molecule has 0 fully saturated rings. The van der Waals surface area contributed by atoms with Crippen LogP contribution >= 0.6 is 0 Å². The molecule has 0 N–H and O–H groups in total. The van der Waals surface area contributed by atoms with Crippen molar-refractivity contribution in [2.75, 3.05) is 13.2 Å². The minimum absolute atomic E-state index is 0.194. The van der Waals surface area contributed by atoms with E-state index in [1.165, 1.54) is 6.42 Å². The van der Waals surface area contributed by atoms with Crippen LogP contribution in [-0.2, 0) is 14.3 Å². The van der Waals surface area contributed by atoms with Crippen molar-refractivity contribution in [2.45, 2.75) is 26.9 Å². The molecule has 0 aliphatic heterocycles. The predicted octanol–water partition coefficient (Wildman–Crippen LogP) is 1.18. The third-order valence-electron chi connectivity index (χ3n) is 1.01. The molecule has 11 heavy (non-hydrogen) atoms. The summed E-state index contributed by atoms with van der Waals surface area (Å²) in [6, 6.07) is 0. The fourth-order valence-corrected chi connectivity index (χ4v) is 0.509. The normalized spacial score (nSPS) is 10.2. The molecule has 0 unspecified atom stereocenters. The van der Waals surface area contributed by atoms with E-state index in [4.69, 9.17) is 9.47 Å². The van der Waals surface area contributed by atoms with Gasteiger partial charge in [0.25, 0.3) is 0 Å². The molecule has 0 aromatic rings. The van der Waals surface area contributed by atoms with E-state index >= 15 is 0 Å². The number of ether oxygens (including phenoxy) is 2. The summed E-state index contributed by atoms with van der Waals surface area (Å²) in [5, 5.41) is 0. The Labute approximate surface area is 67.7 Å². The van der Waals surface area contributed by atoms with Crippen molar-refractivity contribution < 1.29 is 14.3 Å². The molecule has 0 bridgehead atoms. The van der Waals surface area contributed by atoms with Crippen molar-refractivity contribution >= 4 is 5.97 Å². The highest BCUT2D eigenvalue weighted by Crippen LogP contribution is 1.88. The molecule has 0 heterocycles. The third kappa shape index (κ3) is 7.33. The van der Waals surface area contributed by atoms with Gasteiger partial charge in [-0.1, -0.05) is 6.92 Å². The van der Waals surface area contributed by atoms with Crippen LogP contribution in [0.15, 0.2) is 0 Å². The van der Waals surface area contributed by atoms with Gasteiger partial charge in [0.05, 0.1) is 19.1 Å². The number of esters is 1. The lowest BCUT2D eigenvalue weighted by Gasteiger charge is -2.06. The predicted molar refractivity (Wildman–Crippen MR) is 42.0 cm³/mol. The monoisotopic (exact) mass is 159 g/mol. The van der Waals surface area contributed by atoms with Crippen molar-refractivity contribution in [3.8, 4) is 0 Å². The van der Waals surface area contributed by atoms with E-state index in [0.717, 1.165) is 0 Å². The standard InChI is InChI=1S/C8H15O3/c1-4-8(9)11-6-5-10-7(2)3/h4,7H,5-6H2,1-3H3. The van der Waals surface area contributed by atoms with Gasteiger partial charge in [-0.3, -0.25) is 4.79 Å². The molecule has 65 valence electrons. The lowest BCUT2D eigenvalue weighted by molar-refractivity contribution is -0.141. The van der Waals surface area contributed by atoms with E-state index in [2.05, 4.69) is 0 Å². The molecule has 0 amide bonds. The van der Waals surface area contributed by atoms with E-state index < -0.39 is 0 Å². The molecular weight excluding hydrogens is 144 g/mol. The maximum Gasteiger partial charge on any atom is 0.309 e. The van der Waals surface area contributed by atoms with Crippen molar-refractivity contribution in [1.29, 1.82) is 0 Å². The molecule has 0 aliphatic rings. The van der Waals surface area contributed by atoms with Crippen LogP contribution in [-0.4, -0.2) is 25.3 Å². The van der Waals surface area contributed by atoms with Crippen LogP contribution in [0.4, 0.5) is 0 Å². The minimum atomic E-state index is -0.294. The second-order valence-corrected chi connectivity index (χ2v) is 2.38. The Morgan fingerprint density at radius 2 is 2.09 bits per heavy atom. The summed E-state index contributed by atoms with van der Waals surface area (Å²) < 4.78 is 9.87. The number of carbonyl (C=O) groups excluding carboxylic acids is 1. The Kier molecular flexibility index (Phi) is 5.84. The molecule has 0 rings (SSSR count). The SMILES string of the molecule is C[CH]C(=O)OCCOC(C)C. The van der Waals surface area contributed by atoms with Gasteiger partial charge in [0, 0.05) is 0 Å². The largest absolute Gasteiger partial charge is 0.463 e. The van der Waals surface area contributed by atoms with Crippen molar-refractivity contribution in [1.82, 2.24) is 0 Å². The lowest BCUT2D eigenvalue weighted by atomic mass is 10.5. The average molecular weight is 159 g/mol. The van der Waals surface area contributed by atoms with Gasteiger partial charge in [-0.05, 0) is 13.8 Å². The van der Waals surface area contributed by atoms with Gasteiger partial charge in [0.15, 0.2) is 0 Å². The fraction of sp³-hybridized carbons (Fsp3) is 0.750. The molecule has 3 heteroatoms. The quantitative estimate of drug-likeness (QED) is 0.446. The Morgan fingerprint density at radius 1 is 1.45 bits per heavy atom. The van der Waals surface area contributed by atoms with Crippen LogP contribution < -0.4 is 0 Å². The van der Waals surface area contributed by atoms with Crippen molar-refractivity contribution in [3.05, 3.63) is 6.42 Å². The molecule has 1 radical (unpaired) electrons. The Morgan fingerprint density at radius 3 is 2.55 bits per heavy atom.